The zero-order valence-electron chi connectivity index (χ0n) is 16.7. The van der Waals surface area contributed by atoms with Gasteiger partial charge in [-0.15, -0.1) is 10.2 Å². The van der Waals surface area contributed by atoms with Crippen molar-refractivity contribution in [3.05, 3.63) is 70.0 Å². The zero-order valence-corrected chi connectivity index (χ0v) is 17.5. The molecule has 0 aliphatic heterocycles. The summed E-state index contributed by atoms with van der Waals surface area (Å²) in [6, 6.07) is 16.1. The smallest absolute Gasteiger partial charge is 0.262 e. The lowest BCUT2D eigenvalue weighted by Gasteiger charge is -2.11. The molecule has 0 saturated carbocycles. The first-order valence-corrected chi connectivity index (χ1v) is 10.8. The fourth-order valence-corrected chi connectivity index (χ4v) is 4.23. The SMILES string of the molecule is CCOCCCn1c(=O)c2ccccc2n2c(SCc3ccc(C)cc3)nnc12. The first-order chi connectivity index (χ1) is 14.2. The maximum absolute atomic E-state index is 13.1. The average molecular weight is 409 g/mol. The third-order valence-corrected chi connectivity index (χ3v) is 5.84. The van der Waals surface area contributed by atoms with Crippen LogP contribution in [0.15, 0.2) is 58.5 Å². The highest BCUT2D eigenvalue weighted by molar-refractivity contribution is 7.98. The second kappa shape index (κ2) is 8.80. The molecule has 0 fully saturated rings. The molecule has 0 N–H and O–H groups in total. The lowest BCUT2D eigenvalue weighted by atomic mass is 10.2. The van der Waals surface area contributed by atoms with Crippen molar-refractivity contribution in [3.63, 3.8) is 0 Å². The van der Waals surface area contributed by atoms with Gasteiger partial charge in [-0.25, -0.2) is 0 Å². The van der Waals surface area contributed by atoms with Gasteiger partial charge in [0, 0.05) is 25.5 Å². The van der Waals surface area contributed by atoms with E-state index in [2.05, 4.69) is 41.4 Å². The van der Waals surface area contributed by atoms with Gasteiger partial charge >= 0.3 is 0 Å². The summed E-state index contributed by atoms with van der Waals surface area (Å²) in [5.41, 5.74) is 3.28. The molecule has 0 aliphatic carbocycles. The zero-order chi connectivity index (χ0) is 20.2. The summed E-state index contributed by atoms with van der Waals surface area (Å²) in [7, 11) is 0. The van der Waals surface area contributed by atoms with E-state index < -0.39 is 0 Å². The standard InChI is InChI=1S/C22H24N4O2S/c1-3-28-14-6-13-25-20(27)18-7-4-5-8-19(18)26-21(25)23-24-22(26)29-15-17-11-9-16(2)10-12-17/h4-5,7-12H,3,6,13-15H2,1-2H3. The van der Waals surface area contributed by atoms with Crippen molar-refractivity contribution in [1.29, 1.82) is 0 Å². The molecule has 0 spiro atoms. The van der Waals surface area contributed by atoms with Gasteiger partial charge in [0.05, 0.1) is 10.9 Å². The molecular formula is C22H24N4O2S. The Kier molecular flexibility index (Phi) is 5.97. The van der Waals surface area contributed by atoms with Crippen molar-refractivity contribution in [2.75, 3.05) is 13.2 Å². The van der Waals surface area contributed by atoms with E-state index >= 15 is 0 Å². The summed E-state index contributed by atoms with van der Waals surface area (Å²) in [5, 5.41) is 10.2. The van der Waals surface area contributed by atoms with Gasteiger partial charge in [0.1, 0.15) is 0 Å². The number of thioether (sulfide) groups is 1. The number of aromatic nitrogens is 4. The summed E-state index contributed by atoms with van der Waals surface area (Å²) >= 11 is 1.63. The fourth-order valence-electron chi connectivity index (χ4n) is 3.33. The molecule has 4 rings (SSSR count). The lowest BCUT2D eigenvalue weighted by molar-refractivity contribution is 0.141. The first kappa shape index (κ1) is 19.7. The maximum Gasteiger partial charge on any atom is 0.262 e. The minimum Gasteiger partial charge on any atom is -0.382 e. The molecule has 150 valence electrons. The van der Waals surface area contributed by atoms with Crippen LogP contribution in [0.1, 0.15) is 24.5 Å². The van der Waals surface area contributed by atoms with Gasteiger partial charge in [-0.2, -0.15) is 0 Å². The van der Waals surface area contributed by atoms with Crippen LogP contribution < -0.4 is 5.56 Å². The van der Waals surface area contributed by atoms with Gasteiger partial charge in [-0.3, -0.25) is 13.8 Å². The molecule has 0 atom stereocenters. The predicted molar refractivity (Wildman–Crippen MR) is 117 cm³/mol. The molecule has 2 aromatic heterocycles. The van der Waals surface area contributed by atoms with Crippen LogP contribution >= 0.6 is 11.8 Å². The second-order valence-electron chi connectivity index (χ2n) is 6.92. The summed E-state index contributed by atoms with van der Waals surface area (Å²) in [6.07, 6.45) is 0.750. The van der Waals surface area contributed by atoms with Crippen LogP contribution in [0.25, 0.3) is 16.7 Å². The van der Waals surface area contributed by atoms with E-state index in [4.69, 9.17) is 4.74 Å². The van der Waals surface area contributed by atoms with Crippen molar-refractivity contribution < 1.29 is 4.74 Å². The molecule has 2 aromatic carbocycles. The van der Waals surface area contributed by atoms with Crippen molar-refractivity contribution in [3.8, 4) is 0 Å². The van der Waals surface area contributed by atoms with Gasteiger partial charge in [0.25, 0.3) is 5.56 Å². The normalized spacial score (nSPS) is 11.5. The number of benzene rings is 2. The number of rotatable bonds is 8. The number of hydrogen-bond acceptors (Lipinski definition) is 5. The Morgan fingerprint density at radius 2 is 1.86 bits per heavy atom. The van der Waals surface area contributed by atoms with Crippen molar-refractivity contribution in [2.24, 2.45) is 0 Å². The molecule has 4 aromatic rings. The number of fused-ring (bicyclic) bond motifs is 3. The number of aryl methyl sites for hydroxylation is 2. The monoisotopic (exact) mass is 408 g/mol. The molecule has 6 nitrogen and oxygen atoms in total. The van der Waals surface area contributed by atoms with Gasteiger partial charge in [-0.05, 0) is 38.0 Å². The minimum atomic E-state index is -0.0351. The highest BCUT2D eigenvalue weighted by atomic mass is 32.2. The largest absolute Gasteiger partial charge is 0.382 e. The van der Waals surface area contributed by atoms with E-state index in [0.717, 1.165) is 22.8 Å². The van der Waals surface area contributed by atoms with Crippen LogP contribution in [0.4, 0.5) is 0 Å². The fraction of sp³-hybridized carbons (Fsp3) is 0.318. The number of para-hydroxylation sites is 1. The van der Waals surface area contributed by atoms with Crippen LogP contribution in [0.5, 0.6) is 0 Å². The second-order valence-corrected chi connectivity index (χ2v) is 7.86. The van der Waals surface area contributed by atoms with Crippen molar-refractivity contribution in [1.82, 2.24) is 19.2 Å². The predicted octanol–water partition coefficient (Wildman–Crippen LogP) is 4.07. The summed E-state index contributed by atoms with van der Waals surface area (Å²) in [5.74, 6) is 1.37. The summed E-state index contributed by atoms with van der Waals surface area (Å²) < 4.78 is 9.14. The summed E-state index contributed by atoms with van der Waals surface area (Å²) in [4.78, 5) is 13.1. The van der Waals surface area contributed by atoms with Gasteiger partial charge in [0.2, 0.25) is 5.78 Å². The number of ether oxygens (including phenoxy) is 1. The van der Waals surface area contributed by atoms with E-state index in [1.807, 2.05) is 35.6 Å². The average Bonchev–Trinajstić information content (AvgIpc) is 3.17. The molecule has 29 heavy (non-hydrogen) atoms. The van der Waals surface area contributed by atoms with E-state index in [9.17, 15) is 4.79 Å². The van der Waals surface area contributed by atoms with Crippen LogP contribution in [0, 0.1) is 6.92 Å². The number of hydrogen-bond donors (Lipinski definition) is 0. The molecular weight excluding hydrogens is 384 g/mol. The Morgan fingerprint density at radius 3 is 2.66 bits per heavy atom. The van der Waals surface area contributed by atoms with Gasteiger partial charge in [0.15, 0.2) is 5.16 Å². The van der Waals surface area contributed by atoms with Crippen LogP contribution in [0.3, 0.4) is 0 Å². The van der Waals surface area contributed by atoms with Crippen LogP contribution in [0.2, 0.25) is 0 Å². The molecule has 0 aliphatic rings. The van der Waals surface area contributed by atoms with E-state index in [-0.39, 0.29) is 5.56 Å². The molecule has 2 heterocycles. The third-order valence-electron chi connectivity index (χ3n) is 4.84. The molecule has 7 heteroatoms. The number of nitrogens with zero attached hydrogens (tertiary/aromatic N) is 4. The van der Waals surface area contributed by atoms with Gasteiger partial charge in [-0.1, -0.05) is 53.7 Å². The van der Waals surface area contributed by atoms with E-state index in [0.29, 0.717) is 30.9 Å². The Bertz CT molecular complexity index is 1180. The Labute approximate surface area is 173 Å². The quantitative estimate of drug-likeness (QED) is 0.325. The van der Waals surface area contributed by atoms with Crippen molar-refractivity contribution >= 4 is 28.4 Å². The highest BCUT2D eigenvalue weighted by Crippen LogP contribution is 2.24. The van der Waals surface area contributed by atoms with Crippen LogP contribution in [-0.2, 0) is 17.0 Å². The molecule has 0 unspecified atom stereocenters. The Morgan fingerprint density at radius 1 is 1.07 bits per heavy atom. The van der Waals surface area contributed by atoms with E-state index in [1.165, 1.54) is 11.1 Å². The molecule has 0 saturated heterocycles. The minimum absolute atomic E-state index is 0.0351. The van der Waals surface area contributed by atoms with E-state index in [1.54, 1.807) is 16.3 Å². The topological polar surface area (TPSA) is 61.4 Å². The molecule has 0 radical (unpaired) electrons. The Balaban J connectivity index is 1.73. The Hall–Kier alpha value is -2.64. The van der Waals surface area contributed by atoms with Crippen molar-refractivity contribution in [2.45, 2.75) is 37.7 Å². The lowest BCUT2D eigenvalue weighted by Crippen LogP contribution is -2.24. The van der Waals surface area contributed by atoms with Crippen LogP contribution in [-0.4, -0.2) is 32.4 Å². The third kappa shape index (κ3) is 4.06. The molecule has 0 bridgehead atoms. The summed E-state index contributed by atoms with van der Waals surface area (Å²) in [6.45, 7) is 5.89. The first-order valence-electron chi connectivity index (χ1n) is 9.82. The molecule has 0 amide bonds. The highest BCUT2D eigenvalue weighted by Gasteiger charge is 2.16. The maximum atomic E-state index is 13.1. The van der Waals surface area contributed by atoms with Gasteiger partial charge < -0.3 is 4.74 Å².